The van der Waals surface area contributed by atoms with Gasteiger partial charge in [-0.1, -0.05) is 6.07 Å². The summed E-state index contributed by atoms with van der Waals surface area (Å²) < 4.78 is 4.41. The van der Waals surface area contributed by atoms with Crippen LogP contribution in [0.1, 0.15) is 17.5 Å². The Morgan fingerprint density at radius 2 is 1.88 bits per heavy atom. The van der Waals surface area contributed by atoms with Crippen molar-refractivity contribution in [1.82, 2.24) is 18.7 Å². The summed E-state index contributed by atoms with van der Waals surface area (Å²) in [7, 11) is 3.42. The molecule has 0 bridgehead atoms. The molecule has 0 aliphatic rings. The smallest absolute Gasteiger partial charge is 0.328 e. The second kappa shape index (κ2) is 6.92. The molecule has 0 amide bonds. The van der Waals surface area contributed by atoms with Crippen molar-refractivity contribution in [3.05, 3.63) is 56.5 Å². The summed E-state index contributed by atoms with van der Waals surface area (Å²) in [5.41, 5.74) is 2.87. The molecule has 132 valence electrons. The van der Waals surface area contributed by atoms with E-state index < -0.39 is 0 Å². The zero-order chi connectivity index (χ0) is 18.1. The fourth-order valence-electron chi connectivity index (χ4n) is 2.81. The minimum Gasteiger partial charge on any atom is -0.328 e. The van der Waals surface area contributed by atoms with Crippen LogP contribution in [0.5, 0.6) is 0 Å². The first-order valence-corrected chi connectivity index (χ1v) is 9.19. The van der Waals surface area contributed by atoms with Crippen molar-refractivity contribution in [2.45, 2.75) is 31.7 Å². The van der Waals surface area contributed by atoms with Crippen LogP contribution in [0.15, 0.2) is 39.0 Å². The Bertz CT molecular complexity index is 1050. The molecule has 1 aromatic carbocycles. The van der Waals surface area contributed by atoms with Crippen molar-refractivity contribution in [1.29, 1.82) is 0 Å². The summed E-state index contributed by atoms with van der Waals surface area (Å²) in [5.74, 6) is 0.849. The number of hydrogen-bond donors (Lipinski definition) is 0. The van der Waals surface area contributed by atoms with Gasteiger partial charge in [0.25, 0.3) is 5.56 Å². The molecule has 6 nitrogen and oxygen atoms in total. The monoisotopic (exact) mass is 358 g/mol. The van der Waals surface area contributed by atoms with Crippen LogP contribution >= 0.6 is 11.8 Å². The summed E-state index contributed by atoms with van der Waals surface area (Å²) in [6.07, 6.45) is 2.31. The third kappa shape index (κ3) is 3.28. The quantitative estimate of drug-likeness (QED) is 0.518. The zero-order valence-corrected chi connectivity index (χ0v) is 15.8. The van der Waals surface area contributed by atoms with Gasteiger partial charge in [0.2, 0.25) is 0 Å². The minimum atomic E-state index is -0.313. The predicted octanol–water partition coefficient (Wildman–Crippen LogP) is 2.23. The summed E-state index contributed by atoms with van der Waals surface area (Å²) in [6, 6.07) is 6.40. The highest BCUT2D eigenvalue weighted by Crippen LogP contribution is 2.21. The Kier molecular flexibility index (Phi) is 4.85. The molecule has 2 heterocycles. The Morgan fingerprint density at radius 3 is 2.60 bits per heavy atom. The van der Waals surface area contributed by atoms with Crippen LogP contribution in [0.25, 0.3) is 11.2 Å². The summed E-state index contributed by atoms with van der Waals surface area (Å²) >= 11 is 1.75. The lowest BCUT2D eigenvalue weighted by molar-refractivity contribution is 0.594. The summed E-state index contributed by atoms with van der Waals surface area (Å²) in [6.45, 7) is 4.61. The average Bonchev–Trinajstić information content (AvgIpc) is 2.97. The van der Waals surface area contributed by atoms with Gasteiger partial charge in [0.05, 0.1) is 6.33 Å². The second-order valence-corrected chi connectivity index (χ2v) is 7.44. The van der Waals surface area contributed by atoms with Gasteiger partial charge in [-0.2, -0.15) is 0 Å². The maximum Gasteiger partial charge on any atom is 0.332 e. The standard InChI is InChI=1S/C18H22N4O2S/c1-12-6-7-14(10-13(12)2)25-9-5-8-22-17(23)15-16(19-11-20(15)3)21(4)18(22)24/h6-7,10-11H,5,8-9H2,1-4H3. The third-order valence-electron chi connectivity index (χ3n) is 4.47. The number of thioether (sulfide) groups is 1. The Balaban J connectivity index is 1.75. The molecule has 3 aromatic rings. The lowest BCUT2D eigenvalue weighted by Crippen LogP contribution is -2.39. The molecule has 25 heavy (non-hydrogen) atoms. The lowest BCUT2D eigenvalue weighted by Gasteiger charge is -2.09. The van der Waals surface area contributed by atoms with E-state index in [0.717, 1.165) is 12.2 Å². The highest BCUT2D eigenvalue weighted by atomic mass is 32.2. The van der Waals surface area contributed by atoms with Gasteiger partial charge < -0.3 is 4.57 Å². The summed E-state index contributed by atoms with van der Waals surface area (Å²) in [5, 5.41) is 0. The van der Waals surface area contributed by atoms with Gasteiger partial charge in [-0.05, 0) is 49.3 Å². The van der Waals surface area contributed by atoms with E-state index >= 15 is 0 Å². The van der Waals surface area contributed by atoms with Gasteiger partial charge in [-0.3, -0.25) is 13.9 Å². The second-order valence-electron chi connectivity index (χ2n) is 6.27. The first-order chi connectivity index (χ1) is 11.9. The SMILES string of the molecule is Cc1ccc(SCCCn2c(=O)c3c(ncn3C)n(C)c2=O)cc1C. The fourth-order valence-corrected chi connectivity index (χ4v) is 3.74. The van der Waals surface area contributed by atoms with Gasteiger partial charge in [0.15, 0.2) is 11.2 Å². The van der Waals surface area contributed by atoms with E-state index in [4.69, 9.17) is 0 Å². The van der Waals surface area contributed by atoms with E-state index in [0.29, 0.717) is 17.7 Å². The van der Waals surface area contributed by atoms with E-state index in [1.807, 2.05) is 0 Å². The Labute approximate surface area is 150 Å². The maximum absolute atomic E-state index is 12.6. The molecule has 0 aliphatic heterocycles. The van der Waals surface area contributed by atoms with Crippen molar-refractivity contribution < 1.29 is 0 Å². The number of nitrogens with zero attached hydrogens (tertiary/aromatic N) is 4. The van der Waals surface area contributed by atoms with E-state index in [1.54, 1.807) is 36.8 Å². The van der Waals surface area contributed by atoms with Crippen molar-refractivity contribution in [3.63, 3.8) is 0 Å². The Hall–Kier alpha value is -2.28. The van der Waals surface area contributed by atoms with Crippen LogP contribution in [0, 0.1) is 13.8 Å². The molecule has 7 heteroatoms. The molecule has 2 aromatic heterocycles. The van der Waals surface area contributed by atoms with Crippen molar-refractivity contribution in [3.8, 4) is 0 Å². The molecule has 0 radical (unpaired) electrons. The topological polar surface area (TPSA) is 61.8 Å². The van der Waals surface area contributed by atoms with Gasteiger partial charge in [-0.15, -0.1) is 11.8 Å². The molecule has 0 saturated carbocycles. The number of benzene rings is 1. The van der Waals surface area contributed by atoms with E-state index in [1.165, 1.54) is 25.2 Å². The van der Waals surface area contributed by atoms with Crippen LogP contribution in [0.3, 0.4) is 0 Å². The fraction of sp³-hybridized carbons (Fsp3) is 0.389. The zero-order valence-electron chi connectivity index (χ0n) is 14.9. The van der Waals surface area contributed by atoms with E-state index in [9.17, 15) is 9.59 Å². The van der Waals surface area contributed by atoms with Crippen molar-refractivity contribution in [2.24, 2.45) is 14.1 Å². The predicted molar refractivity (Wildman–Crippen MR) is 101 cm³/mol. The number of imidazole rings is 1. The molecular weight excluding hydrogens is 336 g/mol. The number of fused-ring (bicyclic) bond motifs is 1. The number of hydrogen-bond acceptors (Lipinski definition) is 4. The van der Waals surface area contributed by atoms with Crippen molar-refractivity contribution >= 4 is 22.9 Å². The van der Waals surface area contributed by atoms with E-state index in [2.05, 4.69) is 37.0 Å². The molecule has 0 fully saturated rings. The van der Waals surface area contributed by atoms with Crippen molar-refractivity contribution in [2.75, 3.05) is 5.75 Å². The highest BCUT2D eigenvalue weighted by Gasteiger charge is 2.14. The summed E-state index contributed by atoms with van der Waals surface area (Å²) in [4.78, 5) is 30.4. The highest BCUT2D eigenvalue weighted by molar-refractivity contribution is 7.99. The third-order valence-corrected chi connectivity index (χ3v) is 5.55. The van der Waals surface area contributed by atoms with Gasteiger partial charge in [0, 0.05) is 25.5 Å². The molecule has 0 spiro atoms. The molecule has 0 saturated heterocycles. The molecule has 0 unspecified atom stereocenters. The van der Waals surface area contributed by atoms with Crippen LogP contribution in [-0.2, 0) is 20.6 Å². The molecule has 0 N–H and O–H groups in total. The molecule has 0 aliphatic carbocycles. The van der Waals surface area contributed by atoms with Crippen LogP contribution in [0.2, 0.25) is 0 Å². The molecular formula is C18H22N4O2S. The average molecular weight is 358 g/mol. The molecule has 0 atom stereocenters. The Morgan fingerprint density at radius 1 is 1.12 bits per heavy atom. The number of rotatable bonds is 5. The first-order valence-electron chi connectivity index (χ1n) is 8.21. The van der Waals surface area contributed by atoms with Gasteiger partial charge in [-0.25, -0.2) is 9.78 Å². The normalized spacial score (nSPS) is 11.4. The number of aromatic nitrogens is 4. The van der Waals surface area contributed by atoms with Crippen LogP contribution < -0.4 is 11.2 Å². The maximum atomic E-state index is 12.6. The minimum absolute atomic E-state index is 0.269. The van der Waals surface area contributed by atoms with Gasteiger partial charge in [0.1, 0.15) is 0 Å². The van der Waals surface area contributed by atoms with Crippen LogP contribution in [0.4, 0.5) is 0 Å². The van der Waals surface area contributed by atoms with Gasteiger partial charge >= 0.3 is 5.69 Å². The lowest BCUT2D eigenvalue weighted by atomic mass is 10.1. The van der Waals surface area contributed by atoms with Crippen LogP contribution in [-0.4, -0.2) is 24.4 Å². The largest absolute Gasteiger partial charge is 0.332 e. The first kappa shape index (κ1) is 17.5. The number of aryl methyl sites for hydroxylation is 4. The molecule has 3 rings (SSSR count). The van der Waals surface area contributed by atoms with E-state index in [-0.39, 0.29) is 11.2 Å².